The van der Waals surface area contributed by atoms with Gasteiger partial charge in [0.15, 0.2) is 0 Å². The Kier molecular flexibility index (Phi) is 4.37. The maximum atomic E-state index is 13.8. The second kappa shape index (κ2) is 6.28. The third-order valence-corrected chi connectivity index (χ3v) is 3.83. The molecule has 5 nitrogen and oxygen atoms in total. The highest BCUT2D eigenvalue weighted by Crippen LogP contribution is 2.21. The van der Waals surface area contributed by atoms with Crippen molar-refractivity contribution >= 4 is 12.2 Å². The van der Waals surface area contributed by atoms with Crippen LogP contribution in [0.25, 0.3) is 11.5 Å². The molecule has 0 spiro atoms. The molecule has 7 heteroatoms. The number of aromatic nitrogens is 2. The van der Waals surface area contributed by atoms with Gasteiger partial charge in [0.1, 0.15) is 5.82 Å². The van der Waals surface area contributed by atoms with Crippen LogP contribution in [-0.4, -0.2) is 40.0 Å². The molecule has 1 aromatic carbocycles. The van der Waals surface area contributed by atoms with Crippen LogP contribution in [0.15, 0.2) is 28.7 Å². The zero-order valence-electron chi connectivity index (χ0n) is 12.5. The molecule has 2 aromatic rings. The van der Waals surface area contributed by atoms with E-state index in [0.717, 1.165) is 13.1 Å². The Morgan fingerprint density at radius 2 is 1.95 bits per heavy atom. The standard InChI is InChI=1S/C15H18FN3O2S/c1-10-7-18(8-11(2)20-10)9-19-15(22)21-14(17-19)12-5-3-4-6-13(12)16/h3-6,10-11H,7-9H2,1-2H3/t10-,11+. The van der Waals surface area contributed by atoms with Crippen LogP contribution < -0.4 is 0 Å². The van der Waals surface area contributed by atoms with Crippen LogP contribution in [0.1, 0.15) is 13.8 Å². The van der Waals surface area contributed by atoms with Gasteiger partial charge in [0, 0.05) is 13.1 Å². The Morgan fingerprint density at radius 3 is 2.64 bits per heavy atom. The second-order valence-electron chi connectivity index (χ2n) is 5.59. The summed E-state index contributed by atoms with van der Waals surface area (Å²) in [5, 5.41) is 4.31. The molecule has 0 N–H and O–H groups in total. The summed E-state index contributed by atoms with van der Waals surface area (Å²) >= 11 is 5.20. The Labute approximate surface area is 133 Å². The molecule has 0 amide bonds. The number of morpholine rings is 1. The normalized spacial score (nSPS) is 22.9. The molecule has 1 saturated heterocycles. The number of halogens is 1. The molecule has 1 fully saturated rings. The summed E-state index contributed by atoms with van der Waals surface area (Å²) in [7, 11) is 0. The first-order chi connectivity index (χ1) is 10.5. The van der Waals surface area contributed by atoms with Crippen molar-refractivity contribution < 1.29 is 13.5 Å². The first kappa shape index (κ1) is 15.3. The van der Waals surface area contributed by atoms with Crippen molar-refractivity contribution in [2.24, 2.45) is 0 Å². The number of hydrogen-bond acceptors (Lipinski definition) is 5. The van der Waals surface area contributed by atoms with Gasteiger partial charge in [0.05, 0.1) is 24.4 Å². The molecule has 0 saturated carbocycles. The Balaban J connectivity index is 1.81. The van der Waals surface area contributed by atoms with Crippen molar-refractivity contribution in [3.05, 3.63) is 34.9 Å². The van der Waals surface area contributed by atoms with Gasteiger partial charge >= 0.3 is 0 Å². The van der Waals surface area contributed by atoms with E-state index in [4.69, 9.17) is 21.4 Å². The Morgan fingerprint density at radius 1 is 1.27 bits per heavy atom. The van der Waals surface area contributed by atoms with E-state index in [0.29, 0.717) is 12.2 Å². The van der Waals surface area contributed by atoms with Crippen molar-refractivity contribution in [1.29, 1.82) is 0 Å². The largest absolute Gasteiger partial charge is 0.409 e. The summed E-state index contributed by atoms with van der Waals surface area (Å²) < 4.78 is 26.5. The smallest absolute Gasteiger partial charge is 0.288 e. The Bertz CT molecular complexity index is 705. The highest BCUT2D eigenvalue weighted by molar-refractivity contribution is 7.71. The minimum atomic E-state index is -0.375. The number of nitrogens with zero attached hydrogens (tertiary/aromatic N) is 3. The molecule has 0 unspecified atom stereocenters. The highest BCUT2D eigenvalue weighted by atomic mass is 32.1. The first-order valence-corrected chi connectivity index (χ1v) is 7.64. The summed E-state index contributed by atoms with van der Waals surface area (Å²) in [6.45, 7) is 6.18. The van der Waals surface area contributed by atoms with E-state index >= 15 is 0 Å². The molecule has 0 bridgehead atoms. The van der Waals surface area contributed by atoms with Gasteiger partial charge in [-0.05, 0) is 38.2 Å². The van der Waals surface area contributed by atoms with Crippen LogP contribution in [0.5, 0.6) is 0 Å². The number of hydrogen-bond donors (Lipinski definition) is 0. The Hall–Kier alpha value is -1.57. The van der Waals surface area contributed by atoms with E-state index in [-0.39, 0.29) is 28.8 Å². The van der Waals surface area contributed by atoms with Crippen molar-refractivity contribution in [3.63, 3.8) is 0 Å². The van der Waals surface area contributed by atoms with Gasteiger partial charge in [-0.3, -0.25) is 4.90 Å². The molecule has 2 atom stereocenters. The molecule has 1 aliphatic rings. The lowest BCUT2D eigenvalue weighted by molar-refractivity contribution is -0.0778. The quantitative estimate of drug-likeness (QED) is 0.812. The number of benzene rings is 1. The molecule has 118 valence electrons. The average molecular weight is 323 g/mol. The van der Waals surface area contributed by atoms with E-state index in [1.165, 1.54) is 6.07 Å². The maximum Gasteiger partial charge on any atom is 0.288 e. The van der Waals surface area contributed by atoms with E-state index in [1.807, 2.05) is 13.8 Å². The van der Waals surface area contributed by atoms with Crippen LogP contribution in [0.2, 0.25) is 0 Å². The summed E-state index contributed by atoms with van der Waals surface area (Å²) in [5.41, 5.74) is 0.316. The van der Waals surface area contributed by atoms with Gasteiger partial charge < -0.3 is 9.15 Å². The van der Waals surface area contributed by atoms with E-state index in [1.54, 1.807) is 22.9 Å². The monoisotopic (exact) mass is 323 g/mol. The molecular weight excluding hydrogens is 305 g/mol. The summed E-state index contributed by atoms with van der Waals surface area (Å²) in [4.78, 5) is 2.44. The average Bonchev–Trinajstić information content (AvgIpc) is 2.79. The maximum absolute atomic E-state index is 13.8. The number of rotatable bonds is 3. The van der Waals surface area contributed by atoms with Crippen molar-refractivity contribution in [2.45, 2.75) is 32.7 Å². The fraction of sp³-hybridized carbons (Fsp3) is 0.467. The molecule has 0 aliphatic carbocycles. The van der Waals surface area contributed by atoms with E-state index in [2.05, 4.69) is 10.00 Å². The van der Waals surface area contributed by atoms with Crippen LogP contribution in [0, 0.1) is 10.7 Å². The molecular formula is C15H18FN3O2S. The predicted molar refractivity (Wildman–Crippen MR) is 82.3 cm³/mol. The molecule has 1 aliphatic heterocycles. The van der Waals surface area contributed by atoms with Gasteiger partial charge in [-0.2, -0.15) is 0 Å². The fourth-order valence-corrected chi connectivity index (χ4v) is 2.91. The van der Waals surface area contributed by atoms with Crippen molar-refractivity contribution in [3.8, 4) is 11.5 Å². The fourth-order valence-electron chi connectivity index (χ4n) is 2.73. The predicted octanol–water partition coefficient (Wildman–Crippen LogP) is 3.08. The minimum absolute atomic E-state index is 0.163. The topological polar surface area (TPSA) is 43.4 Å². The summed E-state index contributed by atoms with van der Waals surface area (Å²) in [6, 6.07) is 6.36. The van der Waals surface area contributed by atoms with Crippen molar-refractivity contribution in [2.75, 3.05) is 13.1 Å². The lowest BCUT2D eigenvalue weighted by Crippen LogP contribution is -2.46. The molecule has 0 radical (unpaired) electrons. The molecule has 2 heterocycles. The van der Waals surface area contributed by atoms with Crippen LogP contribution in [0.3, 0.4) is 0 Å². The SMILES string of the molecule is C[C@@H]1CN(Cn2nc(-c3ccccc3F)oc2=S)C[C@H](C)O1. The second-order valence-corrected chi connectivity index (χ2v) is 5.94. The zero-order valence-corrected chi connectivity index (χ0v) is 13.3. The van der Waals surface area contributed by atoms with Crippen molar-refractivity contribution in [1.82, 2.24) is 14.7 Å². The zero-order chi connectivity index (χ0) is 15.7. The molecule has 1 aromatic heterocycles. The summed E-state index contributed by atoms with van der Waals surface area (Å²) in [6.07, 6.45) is 0.326. The molecule has 22 heavy (non-hydrogen) atoms. The lowest BCUT2D eigenvalue weighted by atomic mass is 10.2. The van der Waals surface area contributed by atoms with Crippen LogP contribution in [-0.2, 0) is 11.4 Å². The molecule has 3 rings (SSSR count). The van der Waals surface area contributed by atoms with E-state index < -0.39 is 0 Å². The van der Waals surface area contributed by atoms with Gasteiger partial charge in [-0.15, -0.1) is 5.10 Å². The van der Waals surface area contributed by atoms with Gasteiger partial charge in [0.25, 0.3) is 4.84 Å². The first-order valence-electron chi connectivity index (χ1n) is 7.23. The third kappa shape index (κ3) is 3.26. The van der Waals surface area contributed by atoms with Gasteiger partial charge in [-0.1, -0.05) is 12.1 Å². The van der Waals surface area contributed by atoms with E-state index in [9.17, 15) is 4.39 Å². The summed E-state index contributed by atoms with van der Waals surface area (Å²) in [5.74, 6) is -0.169. The van der Waals surface area contributed by atoms with Gasteiger partial charge in [0.2, 0.25) is 5.89 Å². The van der Waals surface area contributed by atoms with Gasteiger partial charge in [-0.25, -0.2) is 9.07 Å². The van der Waals surface area contributed by atoms with Crippen LogP contribution in [0.4, 0.5) is 4.39 Å². The lowest BCUT2D eigenvalue weighted by Gasteiger charge is -2.34. The highest BCUT2D eigenvalue weighted by Gasteiger charge is 2.23. The third-order valence-electron chi connectivity index (χ3n) is 3.54. The van der Waals surface area contributed by atoms with Crippen LogP contribution >= 0.6 is 12.2 Å². The minimum Gasteiger partial charge on any atom is -0.409 e. The number of ether oxygens (including phenoxy) is 1.